The van der Waals surface area contributed by atoms with E-state index in [-0.39, 0.29) is 5.52 Å². The van der Waals surface area contributed by atoms with Gasteiger partial charge < -0.3 is 14.2 Å². The van der Waals surface area contributed by atoms with Gasteiger partial charge in [-0.15, -0.1) is 0 Å². The molecule has 0 saturated heterocycles. The molecule has 0 fully saturated rings. The lowest BCUT2D eigenvalue weighted by Gasteiger charge is -2.13. The molecule has 0 spiro atoms. The third kappa shape index (κ3) is 4.40. The number of nitrogens with one attached hydrogen (secondary N) is 1. The predicted molar refractivity (Wildman–Crippen MR) is 109 cm³/mol. The van der Waals surface area contributed by atoms with Gasteiger partial charge in [-0.25, -0.2) is 0 Å². The number of benzene rings is 2. The molecular weight excluding hydrogens is 399 g/mol. The van der Waals surface area contributed by atoms with Crippen molar-refractivity contribution < 1.29 is 27.4 Å². The second-order valence-corrected chi connectivity index (χ2v) is 6.36. The van der Waals surface area contributed by atoms with E-state index in [1.807, 2.05) is 0 Å². The van der Waals surface area contributed by atoms with E-state index in [1.54, 1.807) is 25.1 Å². The van der Waals surface area contributed by atoms with Crippen LogP contribution < -0.4 is 19.6 Å². The van der Waals surface area contributed by atoms with Gasteiger partial charge in [0.2, 0.25) is 0 Å². The van der Waals surface area contributed by atoms with Gasteiger partial charge in [0.1, 0.15) is 17.2 Å². The summed E-state index contributed by atoms with van der Waals surface area (Å²) in [7, 11) is 4.55. The van der Waals surface area contributed by atoms with Gasteiger partial charge >= 0.3 is 6.18 Å². The molecule has 0 bridgehead atoms. The average Bonchev–Trinajstić information content (AvgIpc) is 2.72. The quantitative estimate of drug-likeness (QED) is 0.448. The number of anilines is 1. The fraction of sp³-hybridized carbons (Fsp3) is 0.238. The summed E-state index contributed by atoms with van der Waals surface area (Å²) in [6.07, 6.45) is -2.93. The molecule has 0 aliphatic rings. The number of alkyl halides is 3. The molecule has 30 heavy (non-hydrogen) atoms. The maximum atomic E-state index is 13.0. The molecule has 1 heterocycles. The van der Waals surface area contributed by atoms with Crippen molar-refractivity contribution >= 4 is 22.8 Å². The molecule has 0 atom stereocenters. The van der Waals surface area contributed by atoms with Gasteiger partial charge in [0.15, 0.2) is 0 Å². The number of aryl methyl sites for hydroxylation is 1. The van der Waals surface area contributed by atoms with Crippen LogP contribution in [-0.2, 0) is 6.18 Å². The fourth-order valence-electron chi connectivity index (χ4n) is 2.96. The summed E-state index contributed by atoms with van der Waals surface area (Å²) in [5, 5.41) is 4.73. The highest BCUT2D eigenvalue weighted by Crippen LogP contribution is 2.34. The molecule has 1 aromatic heterocycles. The Bertz CT molecular complexity index is 1070. The lowest BCUT2D eigenvalue weighted by Crippen LogP contribution is -2.05. The maximum Gasteiger partial charge on any atom is 0.416 e. The Morgan fingerprint density at radius 3 is 2.20 bits per heavy atom. The van der Waals surface area contributed by atoms with Crippen LogP contribution in [0, 0.1) is 6.92 Å². The normalized spacial score (nSPS) is 11.7. The molecule has 158 valence electrons. The Labute approximate surface area is 171 Å². The summed E-state index contributed by atoms with van der Waals surface area (Å²) in [6, 6.07) is 8.49. The second kappa shape index (κ2) is 8.48. The summed E-state index contributed by atoms with van der Waals surface area (Å²) in [5.41, 5.74) is 3.99. The molecular formula is C21H20F3N3O3. The van der Waals surface area contributed by atoms with Crippen LogP contribution in [0.4, 0.5) is 18.9 Å². The molecule has 0 amide bonds. The van der Waals surface area contributed by atoms with Crippen molar-refractivity contribution in [1.29, 1.82) is 0 Å². The summed E-state index contributed by atoms with van der Waals surface area (Å²) >= 11 is 0. The van der Waals surface area contributed by atoms with Crippen LogP contribution in [0.1, 0.15) is 16.8 Å². The van der Waals surface area contributed by atoms with Crippen molar-refractivity contribution in [3.8, 4) is 17.2 Å². The number of ether oxygens (including phenoxy) is 3. The van der Waals surface area contributed by atoms with Crippen molar-refractivity contribution in [3.05, 3.63) is 53.2 Å². The number of hydrazone groups is 1. The first-order valence-corrected chi connectivity index (χ1v) is 8.84. The monoisotopic (exact) mass is 419 g/mol. The summed E-state index contributed by atoms with van der Waals surface area (Å²) < 4.78 is 55.0. The molecule has 0 unspecified atom stereocenters. The van der Waals surface area contributed by atoms with Gasteiger partial charge in [0.05, 0.1) is 49.9 Å². The van der Waals surface area contributed by atoms with Gasteiger partial charge in [0.25, 0.3) is 0 Å². The van der Waals surface area contributed by atoms with Gasteiger partial charge in [-0.3, -0.25) is 10.4 Å². The minimum Gasteiger partial charge on any atom is -0.496 e. The zero-order valence-corrected chi connectivity index (χ0v) is 16.8. The largest absolute Gasteiger partial charge is 0.496 e. The Hall–Kier alpha value is -3.49. The van der Waals surface area contributed by atoms with Gasteiger partial charge in [-0.2, -0.15) is 18.3 Å². The lowest BCUT2D eigenvalue weighted by atomic mass is 10.1. The zero-order valence-electron chi connectivity index (χ0n) is 16.8. The van der Waals surface area contributed by atoms with E-state index in [9.17, 15) is 13.2 Å². The Morgan fingerprint density at radius 1 is 0.967 bits per heavy atom. The van der Waals surface area contributed by atoms with E-state index < -0.39 is 11.7 Å². The van der Waals surface area contributed by atoms with Gasteiger partial charge in [-0.05, 0) is 25.1 Å². The van der Waals surface area contributed by atoms with Crippen LogP contribution >= 0.6 is 0 Å². The van der Waals surface area contributed by atoms with Crippen LogP contribution in [0.2, 0.25) is 0 Å². The highest BCUT2D eigenvalue weighted by atomic mass is 19.4. The van der Waals surface area contributed by atoms with E-state index in [2.05, 4.69) is 15.5 Å². The molecule has 1 N–H and O–H groups in total. The van der Waals surface area contributed by atoms with Crippen molar-refractivity contribution in [2.45, 2.75) is 13.1 Å². The number of fused-ring (bicyclic) bond motifs is 1. The number of hydrogen-bond acceptors (Lipinski definition) is 6. The van der Waals surface area contributed by atoms with E-state index in [0.29, 0.717) is 39.6 Å². The zero-order chi connectivity index (χ0) is 21.9. The highest BCUT2D eigenvalue weighted by Gasteiger charge is 2.30. The molecule has 0 radical (unpaired) electrons. The smallest absolute Gasteiger partial charge is 0.416 e. The maximum absolute atomic E-state index is 13.0. The second-order valence-electron chi connectivity index (χ2n) is 6.36. The minimum atomic E-state index is -4.44. The SMILES string of the molecule is COc1cc(OC)c(/C=N/Nc2cc(C)nc3cc(C(F)(F)F)ccc23)c(OC)c1. The number of nitrogens with zero attached hydrogens (tertiary/aromatic N) is 2. The molecule has 0 aliphatic heterocycles. The van der Waals surface area contributed by atoms with Crippen LogP contribution in [0.3, 0.4) is 0 Å². The average molecular weight is 419 g/mol. The number of rotatable bonds is 6. The lowest BCUT2D eigenvalue weighted by molar-refractivity contribution is -0.137. The molecule has 2 aromatic carbocycles. The molecule has 3 rings (SSSR count). The molecule has 6 nitrogen and oxygen atoms in total. The third-order valence-electron chi connectivity index (χ3n) is 4.40. The number of aromatic nitrogens is 1. The summed E-state index contributed by atoms with van der Waals surface area (Å²) in [6.45, 7) is 1.70. The molecule has 3 aromatic rings. The van der Waals surface area contributed by atoms with Crippen LogP contribution in [0.15, 0.2) is 41.5 Å². The van der Waals surface area contributed by atoms with Gasteiger partial charge in [0, 0.05) is 23.2 Å². The Balaban J connectivity index is 1.97. The number of hydrogen-bond donors (Lipinski definition) is 1. The molecule has 0 aliphatic carbocycles. The predicted octanol–water partition coefficient (Wildman–Crippen LogP) is 5.03. The fourth-order valence-corrected chi connectivity index (χ4v) is 2.96. The summed E-state index contributed by atoms with van der Waals surface area (Å²) in [5.74, 6) is 1.54. The highest BCUT2D eigenvalue weighted by molar-refractivity contribution is 5.93. The third-order valence-corrected chi connectivity index (χ3v) is 4.40. The number of halogens is 3. The number of pyridine rings is 1. The van der Waals surface area contributed by atoms with Crippen LogP contribution in [0.25, 0.3) is 10.9 Å². The van der Waals surface area contributed by atoms with Crippen LogP contribution in [0.5, 0.6) is 17.2 Å². The summed E-state index contributed by atoms with van der Waals surface area (Å²) in [4.78, 5) is 4.20. The first-order chi connectivity index (χ1) is 14.3. The van der Waals surface area contributed by atoms with E-state index in [4.69, 9.17) is 14.2 Å². The van der Waals surface area contributed by atoms with E-state index in [1.165, 1.54) is 33.6 Å². The van der Waals surface area contributed by atoms with Crippen molar-refractivity contribution in [3.63, 3.8) is 0 Å². The van der Waals surface area contributed by atoms with Gasteiger partial charge in [-0.1, -0.05) is 6.07 Å². The minimum absolute atomic E-state index is 0.224. The first-order valence-electron chi connectivity index (χ1n) is 8.84. The van der Waals surface area contributed by atoms with E-state index >= 15 is 0 Å². The van der Waals surface area contributed by atoms with E-state index in [0.717, 1.165) is 12.1 Å². The topological polar surface area (TPSA) is 65.0 Å². The van der Waals surface area contributed by atoms with Crippen molar-refractivity contribution in [2.24, 2.45) is 5.10 Å². The first kappa shape index (κ1) is 21.2. The standard InChI is InChI=1S/C21H20F3N3O3/c1-12-7-18(15-6-5-13(21(22,23)24)8-17(15)26-12)27-25-11-16-19(29-3)9-14(28-2)10-20(16)30-4/h5-11H,1-4H3,(H,26,27)/b25-11+. The molecule has 0 saturated carbocycles. The van der Waals surface area contributed by atoms with Crippen molar-refractivity contribution in [2.75, 3.05) is 26.8 Å². The number of methoxy groups -OCH3 is 3. The Morgan fingerprint density at radius 2 is 1.63 bits per heavy atom. The molecule has 9 heteroatoms. The Kier molecular flexibility index (Phi) is 6.00. The van der Waals surface area contributed by atoms with Crippen LogP contribution in [-0.4, -0.2) is 32.5 Å². The van der Waals surface area contributed by atoms with Crippen molar-refractivity contribution in [1.82, 2.24) is 4.98 Å².